The maximum Gasteiger partial charge on any atom is 0.232 e. The fourth-order valence-electron chi connectivity index (χ4n) is 2.70. The summed E-state index contributed by atoms with van der Waals surface area (Å²) in [5, 5.41) is 0. The SMILES string of the molecule is CC1CCCN(C(=O)CSc2ccc(C(C)(C)C)cc2)C1. The first kappa shape index (κ1) is 16.4. The first-order chi connectivity index (χ1) is 9.86. The number of carbonyl (C=O) groups excluding carboxylic acids is 1. The summed E-state index contributed by atoms with van der Waals surface area (Å²) in [5.74, 6) is 1.49. The zero-order chi connectivity index (χ0) is 15.5. The Hall–Kier alpha value is -0.960. The Morgan fingerprint density at radius 3 is 2.52 bits per heavy atom. The van der Waals surface area contributed by atoms with Gasteiger partial charge in [-0.1, -0.05) is 39.8 Å². The maximum absolute atomic E-state index is 12.2. The molecule has 21 heavy (non-hydrogen) atoms. The van der Waals surface area contributed by atoms with Crippen LogP contribution in [0.4, 0.5) is 0 Å². The van der Waals surface area contributed by atoms with Gasteiger partial charge in [-0.25, -0.2) is 0 Å². The Morgan fingerprint density at radius 2 is 1.95 bits per heavy atom. The van der Waals surface area contributed by atoms with Gasteiger partial charge in [0.05, 0.1) is 5.75 Å². The number of likely N-dealkylation sites (tertiary alicyclic amines) is 1. The van der Waals surface area contributed by atoms with Gasteiger partial charge in [-0.05, 0) is 41.9 Å². The quantitative estimate of drug-likeness (QED) is 0.775. The van der Waals surface area contributed by atoms with E-state index in [1.54, 1.807) is 11.8 Å². The van der Waals surface area contributed by atoms with Crippen molar-refractivity contribution in [2.24, 2.45) is 5.92 Å². The van der Waals surface area contributed by atoms with Crippen molar-refractivity contribution >= 4 is 17.7 Å². The van der Waals surface area contributed by atoms with Crippen LogP contribution >= 0.6 is 11.8 Å². The van der Waals surface area contributed by atoms with Crippen molar-refractivity contribution in [1.29, 1.82) is 0 Å². The lowest BCUT2D eigenvalue weighted by atomic mass is 9.87. The van der Waals surface area contributed by atoms with Crippen LogP contribution in [-0.2, 0) is 10.2 Å². The number of hydrogen-bond donors (Lipinski definition) is 0. The zero-order valence-electron chi connectivity index (χ0n) is 13.7. The van der Waals surface area contributed by atoms with Crippen LogP contribution in [0.5, 0.6) is 0 Å². The second-order valence-electron chi connectivity index (χ2n) is 7.15. The van der Waals surface area contributed by atoms with Gasteiger partial charge in [0.1, 0.15) is 0 Å². The molecule has 1 atom stereocenters. The number of benzene rings is 1. The van der Waals surface area contributed by atoms with Gasteiger partial charge < -0.3 is 4.90 Å². The van der Waals surface area contributed by atoms with Crippen LogP contribution in [0.3, 0.4) is 0 Å². The van der Waals surface area contributed by atoms with Gasteiger partial charge in [-0.2, -0.15) is 0 Å². The van der Waals surface area contributed by atoms with E-state index in [9.17, 15) is 4.79 Å². The molecule has 0 saturated carbocycles. The van der Waals surface area contributed by atoms with E-state index in [0.29, 0.717) is 11.7 Å². The molecule has 2 nitrogen and oxygen atoms in total. The molecule has 0 spiro atoms. The van der Waals surface area contributed by atoms with E-state index in [1.165, 1.54) is 16.9 Å². The number of carbonyl (C=O) groups is 1. The Morgan fingerprint density at radius 1 is 1.29 bits per heavy atom. The smallest absolute Gasteiger partial charge is 0.232 e. The third-order valence-electron chi connectivity index (χ3n) is 4.09. The minimum Gasteiger partial charge on any atom is -0.342 e. The van der Waals surface area contributed by atoms with Gasteiger partial charge in [-0.15, -0.1) is 11.8 Å². The lowest BCUT2D eigenvalue weighted by molar-refractivity contribution is -0.130. The summed E-state index contributed by atoms with van der Waals surface area (Å²) in [6.45, 7) is 10.8. The molecule has 1 amide bonds. The average Bonchev–Trinajstić information content (AvgIpc) is 2.44. The summed E-state index contributed by atoms with van der Waals surface area (Å²) in [6.07, 6.45) is 2.41. The number of piperidine rings is 1. The monoisotopic (exact) mass is 305 g/mol. The topological polar surface area (TPSA) is 20.3 Å². The first-order valence-electron chi connectivity index (χ1n) is 7.87. The van der Waals surface area contributed by atoms with Gasteiger partial charge in [0, 0.05) is 18.0 Å². The second kappa shape index (κ2) is 6.87. The third-order valence-corrected chi connectivity index (χ3v) is 5.09. The van der Waals surface area contributed by atoms with Crippen LogP contribution in [0.15, 0.2) is 29.2 Å². The molecule has 0 bridgehead atoms. The molecule has 0 aliphatic carbocycles. The molecule has 116 valence electrons. The Bertz CT molecular complexity index is 475. The Labute approximate surface area is 133 Å². The van der Waals surface area contributed by atoms with E-state index in [4.69, 9.17) is 0 Å². The minimum absolute atomic E-state index is 0.183. The van der Waals surface area contributed by atoms with Crippen molar-refractivity contribution in [3.63, 3.8) is 0 Å². The number of nitrogens with zero attached hydrogens (tertiary/aromatic N) is 1. The molecule has 1 aliphatic rings. The fraction of sp³-hybridized carbons (Fsp3) is 0.611. The maximum atomic E-state index is 12.2. The largest absolute Gasteiger partial charge is 0.342 e. The van der Waals surface area contributed by atoms with Crippen LogP contribution in [0, 0.1) is 5.92 Å². The lowest BCUT2D eigenvalue weighted by Gasteiger charge is -2.30. The van der Waals surface area contributed by atoms with Gasteiger partial charge in [0.25, 0.3) is 0 Å². The fourth-order valence-corrected chi connectivity index (χ4v) is 3.50. The van der Waals surface area contributed by atoms with E-state index in [0.717, 1.165) is 19.5 Å². The molecule has 1 aromatic rings. The normalized spacial score (nSPS) is 19.6. The van der Waals surface area contributed by atoms with Crippen LogP contribution in [-0.4, -0.2) is 29.6 Å². The number of amides is 1. The summed E-state index contributed by atoms with van der Waals surface area (Å²) in [7, 11) is 0. The molecular weight excluding hydrogens is 278 g/mol. The summed E-state index contributed by atoms with van der Waals surface area (Å²) in [4.78, 5) is 15.5. The van der Waals surface area contributed by atoms with Crippen molar-refractivity contribution < 1.29 is 4.79 Å². The summed E-state index contributed by atoms with van der Waals surface area (Å²) < 4.78 is 0. The molecule has 2 rings (SSSR count). The van der Waals surface area contributed by atoms with E-state index < -0.39 is 0 Å². The summed E-state index contributed by atoms with van der Waals surface area (Å²) in [6, 6.07) is 8.63. The highest BCUT2D eigenvalue weighted by Gasteiger charge is 2.20. The van der Waals surface area contributed by atoms with Gasteiger partial charge in [0.2, 0.25) is 5.91 Å². The average molecular weight is 305 g/mol. The summed E-state index contributed by atoms with van der Waals surface area (Å²) in [5.41, 5.74) is 1.52. The van der Waals surface area contributed by atoms with Gasteiger partial charge in [-0.3, -0.25) is 4.79 Å². The lowest BCUT2D eigenvalue weighted by Crippen LogP contribution is -2.40. The number of thioether (sulfide) groups is 1. The van der Waals surface area contributed by atoms with Crippen molar-refractivity contribution in [2.45, 2.75) is 50.8 Å². The molecule has 0 aromatic heterocycles. The molecule has 1 fully saturated rings. The predicted molar refractivity (Wildman–Crippen MR) is 90.8 cm³/mol. The molecule has 1 unspecified atom stereocenters. The predicted octanol–water partition coefficient (Wildman–Crippen LogP) is 4.33. The third kappa shape index (κ3) is 4.77. The molecule has 1 saturated heterocycles. The molecule has 1 heterocycles. The van der Waals surface area contributed by atoms with Gasteiger partial charge in [0.15, 0.2) is 0 Å². The Kier molecular flexibility index (Phi) is 5.37. The highest BCUT2D eigenvalue weighted by Crippen LogP contribution is 2.26. The minimum atomic E-state index is 0.183. The van der Waals surface area contributed by atoms with E-state index in [1.807, 2.05) is 4.90 Å². The van der Waals surface area contributed by atoms with Crippen LogP contribution in [0.2, 0.25) is 0 Å². The molecule has 1 aromatic carbocycles. The molecular formula is C18H27NOS. The van der Waals surface area contributed by atoms with Crippen LogP contribution < -0.4 is 0 Å². The van der Waals surface area contributed by atoms with E-state index in [-0.39, 0.29) is 11.3 Å². The van der Waals surface area contributed by atoms with E-state index >= 15 is 0 Å². The van der Waals surface area contributed by atoms with Crippen LogP contribution in [0.25, 0.3) is 0 Å². The summed E-state index contributed by atoms with van der Waals surface area (Å²) >= 11 is 1.65. The molecule has 0 radical (unpaired) electrons. The standard InChI is InChI=1S/C18H27NOS/c1-14-6-5-11-19(12-14)17(20)13-21-16-9-7-15(8-10-16)18(2,3)4/h7-10,14H,5-6,11-13H2,1-4H3. The Balaban J connectivity index is 1.86. The highest BCUT2D eigenvalue weighted by molar-refractivity contribution is 8.00. The first-order valence-corrected chi connectivity index (χ1v) is 8.86. The van der Waals surface area contributed by atoms with Gasteiger partial charge >= 0.3 is 0 Å². The van der Waals surface area contributed by atoms with Crippen molar-refractivity contribution in [1.82, 2.24) is 4.90 Å². The highest BCUT2D eigenvalue weighted by atomic mass is 32.2. The molecule has 1 aliphatic heterocycles. The number of hydrogen-bond acceptors (Lipinski definition) is 2. The second-order valence-corrected chi connectivity index (χ2v) is 8.20. The van der Waals surface area contributed by atoms with Crippen molar-refractivity contribution in [3.05, 3.63) is 29.8 Å². The molecule has 0 N–H and O–H groups in total. The zero-order valence-corrected chi connectivity index (χ0v) is 14.5. The number of rotatable bonds is 3. The van der Waals surface area contributed by atoms with Crippen molar-refractivity contribution in [3.8, 4) is 0 Å². The van der Waals surface area contributed by atoms with Crippen LogP contribution in [0.1, 0.15) is 46.1 Å². The van der Waals surface area contributed by atoms with E-state index in [2.05, 4.69) is 52.0 Å². The van der Waals surface area contributed by atoms with Crippen molar-refractivity contribution in [2.75, 3.05) is 18.8 Å². The molecule has 3 heteroatoms.